The number of halogens is 1. The minimum atomic E-state index is -1.90. The van der Waals surface area contributed by atoms with Crippen LogP contribution < -0.4 is 0 Å². The molecule has 15 heavy (non-hydrogen) atoms. The summed E-state index contributed by atoms with van der Waals surface area (Å²) < 4.78 is 23.3. The molecule has 0 aliphatic heterocycles. The molecule has 0 aliphatic rings. The Balaban J connectivity index is 3.65. The van der Waals surface area contributed by atoms with Gasteiger partial charge in [-0.3, -0.25) is 4.39 Å². The SMILES string of the molecule is CCO[Si](C)(CCCCCCF)OCC. The summed E-state index contributed by atoms with van der Waals surface area (Å²) in [6.07, 6.45) is 3.87. The average Bonchev–Trinajstić information content (AvgIpc) is 2.18. The standard InChI is InChI=1S/C11H25FO2Si/c1-4-13-15(3,14-5-2)11-9-7-6-8-10-12/h4-11H2,1-3H3. The van der Waals surface area contributed by atoms with Crippen molar-refractivity contribution in [1.82, 2.24) is 0 Å². The maximum Gasteiger partial charge on any atom is 0.334 e. The summed E-state index contributed by atoms with van der Waals surface area (Å²) in [6.45, 7) is 7.40. The topological polar surface area (TPSA) is 18.5 Å². The number of hydrogen-bond donors (Lipinski definition) is 0. The van der Waals surface area contributed by atoms with E-state index < -0.39 is 8.56 Å². The lowest BCUT2D eigenvalue weighted by atomic mass is 10.2. The average molecular weight is 236 g/mol. The summed E-state index contributed by atoms with van der Waals surface area (Å²) in [5.74, 6) is 0. The van der Waals surface area contributed by atoms with Gasteiger partial charge in [0.2, 0.25) is 0 Å². The molecule has 0 aromatic carbocycles. The molecule has 0 aromatic rings. The molecule has 0 aromatic heterocycles. The summed E-state index contributed by atoms with van der Waals surface area (Å²) in [4.78, 5) is 0. The number of rotatable bonds is 10. The second-order valence-corrected chi connectivity index (χ2v) is 7.20. The zero-order chi connectivity index (χ0) is 11.6. The first-order chi connectivity index (χ1) is 7.18. The van der Waals surface area contributed by atoms with Crippen LogP contribution in [0.2, 0.25) is 12.6 Å². The van der Waals surface area contributed by atoms with Crippen molar-refractivity contribution in [1.29, 1.82) is 0 Å². The molecule has 0 fully saturated rings. The first-order valence-electron chi connectivity index (χ1n) is 6.02. The zero-order valence-corrected chi connectivity index (χ0v) is 11.4. The van der Waals surface area contributed by atoms with Crippen LogP contribution in [0.1, 0.15) is 39.5 Å². The highest BCUT2D eigenvalue weighted by molar-refractivity contribution is 6.66. The van der Waals surface area contributed by atoms with Gasteiger partial charge in [0.15, 0.2) is 0 Å². The molecule has 2 nitrogen and oxygen atoms in total. The summed E-state index contributed by atoms with van der Waals surface area (Å²) in [5.41, 5.74) is 0. The van der Waals surface area contributed by atoms with Gasteiger partial charge in [0, 0.05) is 13.2 Å². The Morgan fingerprint density at radius 3 is 1.93 bits per heavy atom. The Morgan fingerprint density at radius 1 is 0.933 bits per heavy atom. The maximum absolute atomic E-state index is 11.9. The fourth-order valence-corrected chi connectivity index (χ4v) is 4.18. The smallest absolute Gasteiger partial charge is 0.334 e. The van der Waals surface area contributed by atoms with Crippen LogP contribution in [0.4, 0.5) is 4.39 Å². The van der Waals surface area contributed by atoms with E-state index in [1.807, 2.05) is 13.8 Å². The molecule has 0 rings (SSSR count). The van der Waals surface area contributed by atoms with Crippen molar-refractivity contribution in [3.63, 3.8) is 0 Å². The van der Waals surface area contributed by atoms with Crippen molar-refractivity contribution in [3.05, 3.63) is 0 Å². The van der Waals surface area contributed by atoms with Crippen molar-refractivity contribution in [2.24, 2.45) is 0 Å². The lowest BCUT2D eigenvalue weighted by Crippen LogP contribution is -2.38. The lowest BCUT2D eigenvalue weighted by molar-refractivity contribution is 0.188. The molecule has 0 saturated carbocycles. The Morgan fingerprint density at radius 2 is 1.47 bits per heavy atom. The van der Waals surface area contributed by atoms with Gasteiger partial charge in [-0.15, -0.1) is 0 Å². The predicted molar refractivity (Wildman–Crippen MR) is 64.1 cm³/mol. The minimum Gasteiger partial charge on any atom is -0.395 e. The first-order valence-corrected chi connectivity index (χ1v) is 8.54. The summed E-state index contributed by atoms with van der Waals surface area (Å²) in [5, 5.41) is 0. The molecule has 0 saturated heterocycles. The van der Waals surface area contributed by atoms with Gasteiger partial charge in [-0.05, 0) is 32.9 Å². The summed E-state index contributed by atoms with van der Waals surface area (Å²) in [6, 6.07) is 1.03. The minimum absolute atomic E-state index is 0.189. The van der Waals surface area contributed by atoms with Crippen molar-refractivity contribution < 1.29 is 13.2 Å². The first kappa shape index (κ1) is 15.1. The molecule has 0 heterocycles. The fraction of sp³-hybridized carbons (Fsp3) is 1.00. The van der Waals surface area contributed by atoms with Gasteiger partial charge in [0.25, 0.3) is 0 Å². The van der Waals surface area contributed by atoms with E-state index in [1.165, 1.54) is 0 Å². The molecular formula is C11H25FO2Si. The largest absolute Gasteiger partial charge is 0.395 e. The van der Waals surface area contributed by atoms with E-state index in [2.05, 4.69) is 6.55 Å². The molecule has 0 N–H and O–H groups in total. The normalized spacial score (nSPS) is 12.0. The van der Waals surface area contributed by atoms with Crippen molar-refractivity contribution in [2.75, 3.05) is 19.9 Å². The van der Waals surface area contributed by atoms with Crippen LogP contribution in [-0.4, -0.2) is 28.4 Å². The van der Waals surface area contributed by atoms with E-state index in [4.69, 9.17) is 8.85 Å². The van der Waals surface area contributed by atoms with E-state index in [0.29, 0.717) is 6.42 Å². The van der Waals surface area contributed by atoms with E-state index in [1.54, 1.807) is 0 Å². The van der Waals surface area contributed by atoms with Gasteiger partial charge in [-0.1, -0.05) is 19.3 Å². The number of alkyl halides is 1. The molecule has 0 unspecified atom stereocenters. The van der Waals surface area contributed by atoms with Crippen LogP contribution in [-0.2, 0) is 8.85 Å². The van der Waals surface area contributed by atoms with Gasteiger partial charge >= 0.3 is 8.56 Å². The number of unbranched alkanes of at least 4 members (excludes halogenated alkanes) is 3. The quantitative estimate of drug-likeness (QED) is 0.426. The number of hydrogen-bond acceptors (Lipinski definition) is 2. The Hall–Kier alpha value is 0.0669. The molecule has 0 radical (unpaired) electrons. The van der Waals surface area contributed by atoms with Gasteiger partial charge < -0.3 is 8.85 Å². The second kappa shape index (κ2) is 9.30. The molecular weight excluding hydrogens is 211 g/mol. The van der Waals surface area contributed by atoms with E-state index in [9.17, 15) is 4.39 Å². The third-order valence-corrected chi connectivity index (χ3v) is 5.47. The third-order valence-electron chi connectivity index (χ3n) is 2.41. The summed E-state index contributed by atoms with van der Waals surface area (Å²) in [7, 11) is -1.90. The Bertz CT molecular complexity index is 139. The highest BCUT2D eigenvalue weighted by Crippen LogP contribution is 2.18. The van der Waals surface area contributed by atoms with Gasteiger partial charge in [0.05, 0.1) is 6.67 Å². The van der Waals surface area contributed by atoms with Crippen molar-refractivity contribution in [3.8, 4) is 0 Å². The Labute approximate surface area is 94.4 Å². The van der Waals surface area contributed by atoms with Crippen LogP contribution in [0.15, 0.2) is 0 Å². The van der Waals surface area contributed by atoms with Crippen LogP contribution in [0.3, 0.4) is 0 Å². The zero-order valence-electron chi connectivity index (χ0n) is 10.4. The molecule has 0 atom stereocenters. The summed E-state index contributed by atoms with van der Waals surface area (Å²) >= 11 is 0. The predicted octanol–water partition coefficient (Wildman–Crippen LogP) is 3.66. The van der Waals surface area contributed by atoms with E-state index in [-0.39, 0.29) is 6.67 Å². The molecule has 0 aliphatic carbocycles. The van der Waals surface area contributed by atoms with Crippen LogP contribution in [0.25, 0.3) is 0 Å². The highest BCUT2D eigenvalue weighted by atomic mass is 28.4. The van der Waals surface area contributed by atoms with Crippen LogP contribution >= 0.6 is 0 Å². The highest BCUT2D eigenvalue weighted by Gasteiger charge is 2.29. The van der Waals surface area contributed by atoms with Crippen LogP contribution in [0.5, 0.6) is 0 Å². The lowest BCUT2D eigenvalue weighted by Gasteiger charge is -2.25. The van der Waals surface area contributed by atoms with Gasteiger partial charge in [-0.2, -0.15) is 0 Å². The fourth-order valence-electron chi connectivity index (χ4n) is 1.69. The van der Waals surface area contributed by atoms with E-state index >= 15 is 0 Å². The third kappa shape index (κ3) is 7.93. The van der Waals surface area contributed by atoms with Crippen molar-refractivity contribution >= 4 is 8.56 Å². The van der Waals surface area contributed by atoms with Gasteiger partial charge in [-0.25, -0.2) is 0 Å². The molecule has 0 amide bonds. The Kier molecular flexibility index (Phi) is 9.35. The molecule has 92 valence electrons. The molecule has 4 heteroatoms. The molecule has 0 bridgehead atoms. The van der Waals surface area contributed by atoms with Crippen molar-refractivity contribution in [2.45, 2.75) is 52.1 Å². The monoisotopic (exact) mass is 236 g/mol. The maximum atomic E-state index is 11.9. The van der Waals surface area contributed by atoms with Crippen LogP contribution in [0, 0.1) is 0 Å². The molecule has 0 spiro atoms. The van der Waals surface area contributed by atoms with Gasteiger partial charge in [0.1, 0.15) is 0 Å². The van der Waals surface area contributed by atoms with E-state index in [0.717, 1.165) is 38.5 Å². The second-order valence-electron chi connectivity index (χ2n) is 3.85.